The van der Waals surface area contributed by atoms with Gasteiger partial charge in [0, 0.05) is 23.5 Å². The lowest BCUT2D eigenvalue weighted by Crippen LogP contribution is -1.93. The number of fused-ring (bicyclic) bond motifs is 1. The molecule has 1 fully saturated rings. The highest BCUT2D eigenvalue weighted by atomic mass is 16.5. The fourth-order valence-electron chi connectivity index (χ4n) is 3.42. The molecule has 0 amide bonds. The summed E-state index contributed by atoms with van der Waals surface area (Å²) in [5.74, 6) is 1.25. The molecule has 0 saturated heterocycles. The number of H-pyrrole nitrogens is 1. The van der Waals surface area contributed by atoms with Crippen LogP contribution < -0.4 is 4.74 Å². The Morgan fingerprint density at radius 3 is 2.70 bits per heavy atom. The van der Waals surface area contributed by atoms with Crippen molar-refractivity contribution in [2.75, 3.05) is 7.11 Å². The molecule has 4 rings (SSSR count). The summed E-state index contributed by atoms with van der Waals surface area (Å²) in [5, 5.41) is 0. The molecule has 3 aromatic heterocycles. The summed E-state index contributed by atoms with van der Waals surface area (Å²) in [6.07, 6.45) is 8.79. The number of nitrogens with one attached hydrogen (secondary N) is 1. The van der Waals surface area contributed by atoms with Crippen LogP contribution in [0.2, 0.25) is 0 Å². The number of nitrogens with zero attached hydrogens (tertiary/aromatic N) is 3. The number of hydrogen-bond acceptors (Lipinski definition) is 4. The van der Waals surface area contributed by atoms with Crippen molar-refractivity contribution in [3.05, 3.63) is 35.8 Å². The summed E-state index contributed by atoms with van der Waals surface area (Å²) in [5.41, 5.74) is 6.00. The number of ether oxygens (including phenoxy) is 1. The lowest BCUT2D eigenvalue weighted by molar-refractivity contribution is 0.397. The van der Waals surface area contributed by atoms with Crippen LogP contribution in [-0.2, 0) is 0 Å². The highest BCUT2D eigenvalue weighted by Gasteiger charge is 2.19. The van der Waals surface area contributed by atoms with Crippen molar-refractivity contribution in [1.29, 1.82) is 0 Å². The van der Waals surface area contributed by atoms with E-state index in [1.165, 1.54) is 31.4 Å². The molecule has 0 spiro atoms. The molecule has 1 aliphatic carbocycles. The molecule has 0 aliphatic heterocycles. The van der Waals surface area contributed by atoms with E-state index in [0.717, 1.165) is 28.0 Å². The van der Waals surface area contributed by atoms with Gasteiger partial charge in [-0.25, -0.2) is 15.0 Å². The first-order chi connectivity index (χ1) is 11.2. The molecule has 5 nitrogen and oxygen atoms in total. The number of rotatable bonds is 3. The minimum Gasteiger partial charge on any atom is -0.481 e. The van der Waals surface area contributed by atoms with E-state index in [1.807, 2.05) is 19.2 Å². The Morgan fingerprint density at radius 2 is 1.96 bits per heavy atom. The van der Waals surface area contributed by atoms with Gasteiger partial charge in [0.25, 0.3) is 0 Å². The third kappa shape index (κ3) is 2.56. The van der Waals surface area contributed by atoms with E-state index >= 15 is 0 Å². The van der Waals surface area contributed by atoms with Gasteiger partial charge in [0.05, 0.1) is 19.0 Å². The third-order valence-corrected chi connectivity index (χ3v) is 4.72. The largest absolute Gasteiger partial charge is 0.481 e. The Balaban J connectivity index is 1.73. The van der Waals surface area contributed by atoms with E-state index in [-0.39, 0.29) is 0 Å². The van der Waals surface area contributed by atoms with Crippen molar-refractivity contribution >= 4 is 11.2 Å². The summed E-state index contributed by atoms with van der Waals surface area (Å²) >= 11 is 0. The molecule has 1 aliphatic rings. The molecular formula is C18H20N4O. The lowest BCUT2D eigenvalue weighted by Gasteiger charge is -2.06. The number of methoxy groups -OCH3 is 1. The minimum absolute atomic E-state index is 0.616. The first kappa shape index (κ1) is 14.2. The first-order valence-corrected chi connectivity index (χ1v) is 8.11. The molecule has 1 N–H and O–H groups in total. The summed E-state index contributed by atoms with van der Waals surface area (Å²) in [7, 11) is 1.62. The van der Waals surface area contributed by atoms with Crippen molar-refractivity contribution in [2.24, 2.45) is 0 Å². The molecule has 0 bridgehead atoms. The topological polar surface area (TPSA) is 63.7 Å². The van der Waals surface area contributed by atoms with Gasteiger partial charge in [-0.2, -0.15) is 0 Å². The SMILES string of the molecule is COc1cc(C)c(-c2cnc3[nH]c(C4CCCC4)cc3n2)cn1. The average molecular weight is 308 g/mol. The predicted octanol–water partition coefficient (Wildman–Crippen LogP) is 3.99. The molecule has 0 atom stereocenters. The van der Waals surface area contributed by atoms with Crippen LogP contribution in [-0.4, -0.2) is 27.0 Å². The zero-order chi connectivity index (χ0) is 15.8. The number of aromatic amines is 1. The molecule has 23 heavy (non-hydrogen) atoms. The highest BCUT2D eigenvalue weighted by molar-refractivity contribution is 5.76. The van der Waals surface area contributed by atoms with E-state index < -0.39 is 0 Å². The fourth-order valence-corrected chi connectivity index (χ4v) is 3.42. The molecule has 1 saturated carbocycles. The third-order valence-electron chi connectivity index (χ3n) is 4.72. The quantitative estimate of drug-likeness (QED) is 0.794. The highest BCUT2D eigenvalue weighted by Crippen LogP contribution is 2.34. The van der Waals surface area contributed by atoms with Gasteiger partial charge in [0.1, 0.15) is 5.52 Å². The van der Waals surface area contributed by atoms with Gasteiger partial charge >= 0.3 is 0 Å². The number of pyridine rings is 1. The summed E-state index contributed by atoms with van der Waals surface area (Å²) in [6, 6.07) is 4.08. The van der Waals surface area contributed by atoms with Crippen LogP contribution in [0.5, 0.6) is 5.88 Å². The maximum absolute atomic E-state index is 5.16. The van der Waals surface area contributed by atoms with Gasteiger partial charge < -0.3 is 9.72 Å². The Bertz CT molecular complexity index is 849. The molecule has 3 heterocycles. The molecule has 0 radical (unpaired) electrons. The van der Waals surface area contributed by atoms with Crippen LogP contribution in [0.25, 0.3) is 22.4 Å². The molecule has 0 unspecified atom stereocenters. The maximum Gasteiger partial charge on any atom is 0.213 e. The van der Waals surface area contributed by atoms with E-state index in [1.54, 1.807) is 13.3 Å². The average Bonchev–Trinajstić information content (AvgIpc) is 3.23. The monoisotopic (exact) mass is 308 g/mol. The molecule has 118 valence electrons. The van der Waals surface area contributed by atoms with Gasteiger partial charge in [0.15, 0.2) is 5.65 Å². The van der Waals surface area contributed by atoms with Gasteiger partial charge in [0.2, 0.25) is 5.88 Å². The normalized spacial score (nSPS) is 15.4. The predicted molar refractivity (Wildman–Crippen MR) is 89.6 cm³/mol. The lowest BCUT2D eigenvalue weighted by atomic mass is 10.0. The van der Waals surface area contributed by atoms with Crippen LogP contribution >= 0.6 is 0 Å². The van der Waals surface area contributed by atoms with Gasteiger partial charge in [-0.1, -0.05) is 12.8 Å². The molecule has 3 aromatic rings. The van der Waals surface area contributed by atoms with E-state index in [0.29, 0.717) is 11.8 Å². The zero-order valence-corrected chi connectivity index (χ0v) is 13.5. The second-order valence-electron chi connectivity index (χ2n) is 6.24. The zero-order valence-electron chi connectivity index (χ0n) is 13.5. The van der Waals surface area contributed by atoms with Crippen LogP contribution in [0.15, 0.2) is 24.5 Å². The smallest absolute Gasteiger partial charge is 0.213 e. The number of hydrogen-bond donors (Lipinski definition) is 1. The Kier molecular flexibility index (Phi) is 3.48. The Labute approximate surface area is 135 Å². The maximum atomic E-state index is 5.16. The van der Waals surface area contributed by atoms with Crippen molar-refractivity contribution in [2.45, 2.75) is 38.5 Å². The molecule has 5 heteroatoms. The Hall–Kier alpha value is -2.43. The van der Waals surface area contributed by atoms with Gasteiger partial charge in [-0.15, -0.1) is 0 Å². The standard InChI is InChI=1S/C18H20N4O/c1-11-7-17(23-2)19-9-13(11)16-10-20-18-15(21-16)8-14(22-18)12-5-3-4-6-12/h7-10,12H,3-6H2,1-2H3,(H,20,22). The van der Waals surface area contributed by atoms with Crippen molar-refractivity contribution in [3.63, 3.8) is 0 Å². The van der Waals surface area contributed by atoms with E-state index in [4.69, 9.17) is 9.72 Å². The number of aromatic nitrogens is 4. The second-order valence-corrected chi connectivity index (χ2v) is 6.24. The molecule has 0 aromatic carbocycles. The van der Waals surface area contributed by atoms with Crippen LogP contribution in [0.4, 0.5) is 0 Å². The summed E-state index contributed by atoms with van der Waals surface area (Å²) < 4.78 is 5.16. The number of aryl methyl sites for hydroxylation is 1. The second kappa shape index (κ2) is 5.65. The van der Waals surface area contributed by atoms with Crippen LogP contribution in [0.3, 0.4) is 0 Å². The Morgan fingerprint density at radius 1 is 1.13 bits per heavy atom. The van der Waals surface area contributed by atoms with Crippen molar-refractivity contribution < 1.29 is 4.74 Å². The van der Waals surface area contributed by atoms with Crippen LogP contribution in [0.1, 0.15) is 42.9 Å². The van der Waals surface area contributed by atoms with Crippen LogP contribution in [0, 0.1) is 6.92 Å². The molecular weight excluding hydrogens is 288 g/mol. The summed E-state index contributed by atoms with van der Waals surface area (Å²) in [6.45, 7) is 2.03. The van der Waals surface area contributed by atoms with E-state index in [9.17, 15) is 0 Å². The van der Waals surface area contributed by atoms with Crippen molar-refractivity contribution in [1.82, 2.24) is 19.9 Å². The first-order valence-electron chi connectivity index (χ1n) is 8.11. The fraction of sp³-hybridized carbons (Fsp3) is 0.389. The van der Waals surface area contributed by atoms with Gasteiger partial charge in [-0.05, 0) is 37.3 Å². The van der Waals surface area contributed by atoms with E-state index in [2.05, 4.69) is 21.0 Å². The minimum atomic E-state index is 0.616. The summed E-state index contributed by atoms with van der Waals surface area (Å²) in [4.78, 5) is 17.1. The van der Waals surface area contributed by atoms with Gasteiger partial charge in [-0.3, -0.25) is 0 Å². The van der Waals surface area contributed by atoms with Crippen molar-refractivity contribution in [3.8, 4) is 17.1 Å².